The molecular weight excluding hydrogens is 411 g/mol. The number of hydrazone groups is 1. The van der Waals surface area contributed by atoms with Crippen molar-refractivity contribution in [3.05, 3.63) is 56.0 Å². The number of nitrogens with zero attached hydrogens (tertiary/aromatic N) is 1. The van der Waals surface area contributed by atoms with E-state index in [-0.39, 0.29) is 5.91 Å². The average Bonchev–Trinajstić information content (AvgIpc) is 2.76. The zero-order chi connectivity index (χ0) is 13.0. The Morgan fingerprint density at radius 1 is 1.28 bits per heavy atom. The van der Waals surface area contributed by atoms with E-state index in [1.165, 1.54) is 6.21 Å². The fourth-order valence-corrected chi connectivity index (χ4v) is 1.92. The molecule has 1 heterocycles. The third-order valence-electron chi connectivity index (χ3n) is 2.06. The normalized spacial score (nSPS) is 10.8. The Hall–Kier alpha value is -1.15. The summed E-state index contributed by atoms with van der Waals surface area (Å²) in [7, 11) is 0. The molecule has 1 aromatic heterocycles. The number of halogens is 2. The van der Waals surface area contributed by atoms with Gasteiger partial charge in [-0.15, -0.1) is 0 Å². The van der Waals surface area contributed by atoms with Crippen molar-refractivity contribution in [1.29, 1.82) is 0 Å². The lowest BCUT2D eigenvalue weighted by Crippen LogP contribution is -2.17. The summed E-state index contributed by atoms with van der Waals surface area (Å²) in [6.45, 7) is 0. The molecule has 18 heavy (non-hydrogen) atoms. The summed E-state index contributed by atoms with van der Waals surface area (Å²) in [5.74, 6) is 0.329. The molecule has 0 aliphatic rings. The molecule has 0 fully saturated rings. The first kappa shape index (κ1) is 13.3. The predicted octanol–water partition coefficient (Wildman–Crippen LogP) is 3.41. The van der Waals surface area contributed by atoms with E-state index in [1.54, 1.807) is 30.3 Å². The number of benzene rings is 1. The number of hydrogen-bond acceptors (Lipinski definition) is 3. The van der Waals surface area contributed by atoms with Crippen LogP contribution in [0.1, 0.15) is 16.1 Å². The van der Waals surface area contributed by atoms with Gasteiger partial charge in [-0.3, -0.25) is 4.79 Å². The summed E-state index contributed by atoms with van der Waals surface area (Å²) < 4.78 is 6.96. The monoisotopic (exact) mass is 418 g/mol. The van der Waals surface area contributed by atoms with Crippen molar-refractivity contribution < 1.29 is 9.21 Å². The first-order valence-electron chi connectivity index (χ1n) is 4.99. The van der Waals surface area contributed by atoms with Gasteiger partial charge in [-0.25, -0.2) is 5.43 Å². The lowest BCUT2D eigenvalue weighted by atomic mass is 10.2. The molecular formula is C12H8BrIN2O2. The molecule has 1 N–H and O–H groups in total. The molecule has 0 aliphatic heterocycles. The van der Waals surface area contributed by atoms with Gasteiger partial charge in [0.25, 0.3) is 5.91 Å². The smallest absolute Gasteiger partial charge is 0.271 e. The van der Waals surface area contributed by atoms with Crippen molar-refractivity contribution in [2.45, 2.75) is 0 Å². The highest BCUT2D eigenvalue weighted by molar-refractivity contribution is 14.1. The minimum absolute atomic E-state index is 0.264. The Morgan fingerprint density at radius 3 is 2.61 bits per heavy atom. The lowest BCUT2D eigenvalue weighted by molar-refractivity contribution is 0.0955. The van der Waals surface area contributed by atoms with Crippen LogP contribution in [0.2, 0.25) is 0 Å². The second kappa shape index (κ2) is 6.14. The summed E-state index contributed by atoms with van der Waals surface area (Å²) in [6, 6.07) is 10.6. The predicted molar refractivity (Wildman–Crippen MR) is 80.6 cm³/mol. The second-order valence-electron chi connectivity index (χ2n) is 3.35. The van der Waals surface area contributed by atoms with E-state index in [1.807, 2.05) is 6.07 Å². The topological polar surface area (TPSA) is 54.6 Å². The van der Waals surface area contributed by atoms with Crippen LogP contribution in [0.5, 0.6) is 0 Å². The Labute approximate surface area is 126 Å². The Kier molecular flexibility index (Phi) is 4.54. The molecule has 0 aliphatic carbocycles. The van der Waals surface area contributed by atoms with Crippen LogP contribution in [0.3, 0.4) is 0 Å². The van der Waals surface area contributed by atoms with E-state index in [2.05, 4.69) is 49.0 Å². The fourth-order valence-electron chi connectivity index (χ4n) is 1.22. The zero-order valence-corrected chi connectivity index (χ0v) is 12.8. The molecule has 0 unspecified atom stereocenters. The first-order chi connectivity index (χ1) is 8.65. The van der Waals surface area contributed by atoms with Crippen LogP contribution in [0.25, 0.3) is 0 Å². The summed E-state index contributed by atoms with van der Waals surface area (Å²) in [5.41, 5.74) is 2.97. The number of furan rings is 1. The van der Waals surface area contributed by atoms with Gasteiger partial charge >= 0.3 is 0 Å². The maximum absolute atomic E-state index is 11.7. The molecule has 2 rings (SSSR count). The maximum atomic E-state index is 11.7. The van der Waals surface area contributed by atoms with Gasteiger partial charge in [0, 0.05) is 10.0 Å². The van der Waals surface area contributed by atoms with Crippen molar-refractivity contribution in [3.8, 4) is 0 Å². The van der Waals surface area contributed by atoms with Crippen molar-refractivity contribution in [1.82, 2.24) is 5.43 Å². The number of carbonyl (C=O) groups excluding carboxylic acids is 1. The van der Waals surface area contributed by atoms with Gasteiger partial charge in [0.2, 0.25) is 0 Å². The van der Waals surface area contributed by atoms with Crippen LogP contribution in [0.15, 0.2) is 50.4 Å². The van der Waals surface area contributed by atoms with Crippen molar-refractivity contribution in [2.75, 3.05) is 0 Å². The van der Waals surface area contributed by atoms with Gasteiger partial charge in [-0.05, 0) is 59.0 Å². The van der Waals surface area contributed by atoms with Crippen LogP contribution in [-0.4, -0.2) is 12.1 Å². The Bertz CT molecular complexity index is 578. The third kappa shape index (κ3) is 3.67. The maximum Gasteiger partial charge on any atom is 0.271 e. The molecule has 0 radical (unpaired) electrons. The van der Waals surface area contributed by atoms with Crippen molar-refractivity contribution in [2.24, 2.45) is 5.10 Å². The molecule has 1 aromatic carbocycles. The zero-order valence-electron chi connectivity index (χ0n) is 9.06. The van der Waals surface area contributed by atoms with E-state index in [9.17, 15) is 4.79 Å². The Balaban J connectivity index is 1.96. The van der Waals surface area contributed by atoms with Gasteiger partial charge < -0.3 is 4.42 Å². The number of hydrogen-bond donors (Lipinski definition) is 1. The molecule has 4 nitrogen and oxygen atoms in total. The molecule has 0 saturated carbocycles. The van der Waals surface area contributed by atoms with Gasteiger partial charge in [0.1, 0.15) is 5.76 Å². The standard InChI is InChI=1S/C12H8BrIN2O2/c13-9-3-1-8(2-4-9)12(17)16-15-7-10-5-6-11(14)18-10/h1-7H,(H,16,17)/b15-7+. The summed E-state index contributed by atoms with van der Waals surface area (Å²) in [4.78, 5) is 11.7. The number of nitrogens with one attached hydrogen (secondary N) is 1. The molecule has 2 aromatic rings. The molecule has 0 atom stereocenters. The van der Waals surface area contributed by atoms with Gasteiger partial charge in [0.05, 0.1) is 6.21 Å². The van der Waals surface area contributed by atoms with Gasteiger partial charge in [-0.2, -0.15) is 5.10 Å². The summed E-state index contributed by atoms with van der Waals surface area (Å²) in [6.07, 6.45) is 1.46. The highest BCUT2D eigenvalue weighted by atomic mass is 127. The first-order valence-corrected chi connectivity index (χ1v) is 6.86. The molecule has 1 amide bonds. The number of rotatable bonds is 3. The molecule has 0 bridgehead atoms. The molecule has 92 valence electrons. The van der Waals surface area contributed by atoms with Crippen LogP contribution in [0, 0.1) is 3.77 Å². The van der Waals surface area contributed by atoms with E-state index in [0.717, 1.165) is 8.24 Å². The quantitative estimate of drug-likeness (QED) is 0.471. The van der Waals surface area contributed by atoms with E-state index < -0.39 is 0 Å². The van der Waals surface area contributed by atoms with Crippen molar-refractivity contribution in [3.63, 3.8) is 0 Å². The second-order valence-corrected chi connectivity index (χ2v) is 5.33. The van der Waals surface area contributed by atoms with Gasteiger partial charge in [0.15, 0.2) is 3.77 Å². The van der Waals surface area contributed by atoms with Crippen molar-refractivity contribution >= 4 is 50.6 Å². The highest BCUT2D eigenvalue weighted by Gasteiger charge is 2.03. The SMILES string of the molecule is O=C(N/N=C/c1ccc(I)o1)c1ccc(Br)cc1. The molecule has 0 saturated heterocycles. The highest BCUT2D eigenvalue weighted by Crippen LogP contribution is 2.10. The fraction of sp³-hybridized carbons (Fsp3) is 0. The summed E-state index contributed by atoms with van der Waals surface area (Å²) >= 11 is 5.36. The van der Waals surface area contributed by atoms with E-state index in [4.69, 9.17) is 4.42 Å². The largest absolute Gasteiger partial charge is 0.449 e. The summed E-state index contributed by atoms with van der Waals surface area (Å²) in [5, 5.41) is 3.82. The Morgan fingerprint density at radius 2 is 2.00 bits per heavy atom. The van der Waals surface area contributed by atoms with Crippen LogP contribution in [-0.2, 0) is 0 Å². The van der Waals surface area contributed by atoms with Crippen LogP contribution in [0.4, 0.5) is 0 Å². The van der Waals surface area contributed by atoms with E-state index in [0.29, 0.717) is 11.3 Å². The minimum atomic E-state index is -0.264. The number of amides is 1. The number of carbonyl (C=O) groups is 1. The molecule has 6 heteroatoms. The lowest BCUT2D eigenvalue weighted by Gasteiger charge is -1.99. The van der Waals surface area contributed by atoms with Gasteiger partial charge in [-0.1, -0.05) is 15.9 Å². The molecule has 0 spiro atoms. The third-order valence-corrected chi connectivity index (χ3v) is 3.17. The average molecular weight is 419 g/mol. The van der Waals surface area contributed by atoms with Crippen LogP contribution >= 0.6 is 38.5 Å². The van der Waals surface area contributed by atoms with Crippen LogP contribution < -0.4 is 5.43 Å². The minimum Gasteiger partial charge on any atom is -0.449 e. The van der Waals surface area contributed by atoms with E-state index >= 15 is 0 Å².